The fourth-order valence-electron chi connectivity index (χ4n) is 2.41. The van der Waals surface area contributed by atoms with E-state index in [2.05, 4.69) is 9.97 Å². The Morgan fingerprint density at radius 1 is 1.40 bits per heavy atom. The third-order valence-corrected chi connectivity index (χ3v) is 3.17. The van der Waals surface area contributed by atoms with Crippen LogP contribution in [0.25, 0.3) is 0 Å². The maximum Gasteiger partial charge on any atom is 0.125 e. The fourth-order valence-corrected chi connectivity index (χ4v) is 2.41. The second kappa shape index (κ2) is 4.71. The minimum atomic E-state index is 0.660. The summed E-state index contributed by atoms with van der Waals surface area (Å²) in [5.74, 6) is 1.55. The third kappa shape index (κ3) is 2.34. The zero-order valence-corrected chi connectivity index (χ0v) is 9.37. The summed E-state index contributed by atoms with van der Waals surface area (Å²) in [5.41, 5.74) is 8.14. The molecule has 0 unspecified atom stereocenters. The lowest BCUT2D eigenvalue weighted by Gasteiger charge is -2.13. The van der Waals surface area contributed by atoms with Crippen LogP contribution in [0.1, 0.15) is 48.7 Å². The minimum Gasteiger partial charge on any atom is -0.330 e. The summed E-state index contributed by atoms with van der Waals surface area (Å²) < 4.78 is 0. The lowest BCUT2D eigenvalue weighted by atomic mass is 9.98. The second-order valence-corrected chi connectivity index (χ2v) is 4.35. The first-order valence-corrected chi connectivity index (χ1v) is 5.83. The van der Waals surface area contributed by atoms with Crippen molar-refractivity contribution in [2.24, 2.45) is 5.73 Å². The predicted octanol–water partition coefficient (Wildman–Crippen LogP) is 1.94. The molecule has 15 heavy (non-hydrogen) atoms. The normalized spacial score (nSPS) is 17.2. The van der Waals surface area contributed by atoms with Gasteiger partial charge in [0.15, 0.2) is 0 Å². The van der Waals surface area contributed by atoms with Crippen molar-refractivity contribution in [1.29, 1.82) is 0 Å². The Balaban J connectivity index is 2.28. The summed E-state index contributed by atoms with van der Waals surface area (Å²) in [6, 6.07) is 0. The highest BCUT2D eigenvalue weighted by molar-refractivity contribution is 5.22. The quantitative estimate of drug-likeness (QED) is 0.820. The SMILES string of the molecule is Cc1ncc(CCN)c(C2CCCC2)n1. The number of hydrogen-bond donors (Lipinski definition) is 1. The van der Waals surface area contributed by atoms with Crippen molar-refractivity contribution >= 4 is 0 Å². The Bertz CT molecular complexity index is 330. The van der Waals surface area contributed by atoms with E-state index < -0.39 is 0 Å². The number of aromatic nitrogens is 2. The molecule has 1 aliphatic carbocycles. The summed E-state index contributed by atoms with van der Waals surface area (Å²) in [7, 11) is 0. The maximum absolute atomic E-state index is 5.61. The van der Waals surface area contributed by atoms with E-state index in [4.69, 9.17) is 5.73 Å². The Hall–Kier alpha value is -0.960. The molecule has 1 fully saturated rings. The molecule has 2 N–H and O–H groups in total. The molecule has 1 aliphatic rings. The lowest BCUT2D eigenvalue weighted by molar-refractivity contribution is 0.673. The topological polar surface area (TPSA) is 51.8 Å². The molecule has 0 spiro atoms. The van der Waals surface area contributed by atoms with Gasteiger partial charge in [0.1, 0.15) is 5.82 Å². The largest absolute Gasteiger partial charge is 0.330 e. The van der Waals surface area contributed by atoms with E-state index in [1.165, 1.54) is 36.9 Å². The first kappa shape index (κ1) is 10.6. The molecule has 3 nitrogen and oxygen atoms in total. The zero-order valence-electron chi connectivity index (χ0n) is 9.37. The van der Waals surface area contributed by atoms with Crippen LogP contribution in [0.3, 0.4) is 0 Å². The molecular formula is C12H19N3. The van der Waals surface area contributed by atoms with E-state index in [-0.39, 0.29) is 0 Å². The van der Waals surface area contributed by atoms with Crippen molar-refractivity contribution in [2.45, 2.75) is 44.9 Å². The number of rotatable bonds is 3. The summed E-state index contributed by atoms with van der Waals surface area (Å²) >= 11 is 0. The van der Waals surface area contributed by atoms with Crippen LogP contribution < -0.4 is 5.73 Å². The molecule has 1 aromatic rings. The van der Waals surface area contributed by atoms with Crippen LogP contribution in [0.2, 0.25) is 0 Å². The number of nitrogens with zero attached hydrogens (tertiary/aromatic N) is 2. The van der Waals surface area contributed by atoms with Crippen LogP contribution >= 0.6 is 0 Å². The van der Waals surface area contributed by atoms with E-state index in [0.717, 1.165) is 12.2 Å². The van der Waals surface area contributed by atoms with E-state index in [1.807, 2.05) is 13.1 Å². The molecule has 3 heteroatoms. The average molecular weight is 205 g/mol. The standard InChI is InChI=1S/C12H19N3/c1-9-14-8-11(6-7-13)12(15-9)10-4-2-3-5-10/h8,10H,2-7,13H2,1H3. The van der Waals surface area contributed by atoms with E-state index in [0.29, 0.717) is 12.5 Å². The smallest absolute Gasteiger partial charge is 0.125 e. The maximum atomic E-state index is 5.61. The molecule has 0 saturated heterocycles. The summed E-state index contributed by atoms with van der Waals surface area (Å²) in [4.78, 5) is 8.87. The van der Waals surface area contributed by atoms with Gasteiger partial charge in [-0.1, -0.05) is 12.8 Å². The Morgan fingerprint density at radius 2 is 2.13 bits per heavy atom. The van der Waals surface area contributed by atoms with Crippen LogP contribution in [0.15, 0.2) is 6.20 Å². The van der Waals surface area contributed by atoms with E-state index in [1.54, 1.807) is 0 Å². The zero-order chi connectivity index (χ0) is 10.7. The highest BCUT2D eigenvalue weighted by atomic mass is 14.9. The summed E-state index contributed by atoms with van der Waals surface area (Å²) in [6.07, 6.45) is 8.13. The van der Waals surface area contributed by atoms with E-state index in [9.17, 15) is 0 Å². The first-order valence-electron chi connectivity index (χ1n) is 5.83. The van der Waals surface area contributed by atoms with Crippen LogP contribution in [-0.2, 0) is 6.42 Å². The molecule has 0 aromatic carbocycles. The first-order chi connectivity index (χ1) is 7.31. The summed E-state index contributed by atoms with van der Waals surface area (Å²) in [6.45, 7) is 2.65. The van der Waals surface area contributed by atoms with Gasteiger partial charge in [-0.3, -0.25) is 0 Å². The molecule has 0 amide bonds. The molecule has 82 valence electrons. The van der Waals surface area contributed by atoms with Gasteiger partial charge in [0.2, 0.25) is 0 Å². The number of aryl methyl sites for hydroxylation is 1. The van der Waals surface area contributed by atoms with E-state index >= 15 is 0 Å². The van der Waals surface area contributed by atoms with Gasteiger partial charge < -0.3 is 5.73 Å². The average Bonchev–Trinajstić information content (AvgIpc) is 2.74. The molecule has 1 saturated carbocycles. The Morgan fingerprint density at radius 3 is 2.80 bits per heavy atom. The third-order valence-electron chi connectivity index (χ3n) is 3.17. The van der Waals surface area contributed by atoms with Crippen molar-refractivity contribution in [3.8, 4) is 0 Å². The van der Waals surface area contributed by atoms with Crippen molar-refractivity contribution in [2.75, 3.05) is 6.54 Å². The van der Waals surface area contributed by atoms with Crippen LogP contribution in [0.4, 0.5) is 0 Å². The number of hydrogen-bond acceptors (Lipinski definition) is 3. The van der Waals surface area contributed by atoms with Gasteiger partial charge in [0.05, 0.1) is 5.69 Å². The predicted molar refractivity (Wildman–Crippen MR) is 60.7 cm³/mol. The lowest BCUT2D eigenvalue weighted by Crippen LogP contribution is -2.10. The molecule has 1 aromatic heterocycles. The second-order valence-electron chi connectivity index (χ2n) is 4.35. The van der Waals surface area contributed by atoms with Gasteiger partial charge in [-0.2, -0.15) is 0 Å². The Labute approximate surface area is 91.1 Å². The van der Waals surface area contributed by atoms with Crippen molar-refractivity contribution in [1.82, 2.24) is 9.97 Å². The number of nitrogens with two attached hydrogens (primary N) is 1. The molecular weight excluding hydrogens is 186 g/mol. The minimum absolute atomic E-state index is 0.660. The molecule has 0 aliphatic heterocycles. The van der Waals surface area contributed by atoms with Crippen molar-refractivity contribution in [3.63, 3.8) is 0 Å². The van der Waals surface area contributed by atoms with Gasteiger partial charge in [-0.15, -0.1) is 0 Å². The summed E-state index contributed by atoms with van der Waals surface area (Å²) in [5, 5.41) is 0. The molecule has 0 radical (unpaired) electrons. The van der Waals surface area contributed by atoms with Gasteiger partial charge >= 0.3 is 0 Å². The van der Waals surface area contributed by atoms with Crippen LogP contribution in [0.5, 0.6) is 0 Å². The van der Waals surface area contributed by atoms with Gasteiger partial charge in [-0.25, -0.2) is 9.97 Å². The van der Waals surface area contributed by atoms with Crippen molar-refractivity contribution in [3.05, 3.63) is 23.3 Å². The van der Waals surface area contributed by atoms with Crippen LogP contribution in [-0.4, -0.2) is 16.5 Å². The molecule has 0 atom stereocenters. The van der Waals surface area contributed by atoms with Gasteiger partial charge in [0, 0.05) is 12.1 Å². The van der Waals surface area contributed by atoms with Gasteiger partial charge in [0.25, 0.3) is 0 Å². The fraction of sp³-hybridized carbons (Fsp3) is 0.667. The highest BCUT2D eigenvalue weighted by Crippen LogP contribution is 2.34. The molecule has 2 rings (SSSR count). The highest BCUT2D eigenvalue weighted by Gasteiger charge is 2.21. The van der Waals surface area contributed by atoms with Crippen molar-refractivity contribution < 1.29 is 0 Å². The van der Waals surface area contributed by atoms with Crippen LogP contribution in [0, 0.1) is 6.92 Å². The molecule has 1 heterocycles. The van der Waals surface area contributed by atoms with Gasteiger partial charge in [-0.05, 0) is 38.3 Å². The monoisotopic (exact) mass is 205 g/mol. The Kier molecular flexibility index (Phi) is 3.31. The molecule has 0 bridgehead atoms.